The number of rotatable bonds is 0. The van der Waals surface area contributed by atoms with Crippen LogP contribution in [0.4, 0.5) is 11.9 Å². The summed E-state index contributed by atoms with van der Waals surface area (Å²) in [6.07, 6.45) is 0. The number of hydrogen-bond acceptors (Lipinski definition) is 8. The SMILES string of the molecule is Cc1nc(N)nc(Br)n1.Cc1nc(N)nc(Cl)n1. The molecule has 0 aliphatic rings. The van der Waals surface area contributed by atoms with Crippen LogP contribution in [-0.2, 0) is 0 Å². The van der Waals surface area contributed by atoms with E-state index in [4.69, 9.17) is 23.1 Å². The van der Waals surface area contributed by atoms with Gasteiger partial charge in [0.2, 0.25) is 21.9 Å². The minimum absolute atomic E-state index is 0.139. The van der Waals surface area contributed by atoms with Crippen molar-refractivity contribution in [2.24, 2.45) is 0 Å². The van der Waals surface area contributed by atoms with Gasteiger partial charge in [-0.25, -0.2) is 9.97 Å². The highest BCUT2D eigenvalue weighted by Gasteiger charge is 1.95. The summed E-state index contributed by atoms with van der Waals surface area (Å²) in [5.41, 5.74) is 10.5. The Morgan fingerprint density at radius 3 is 1.72 bits per heavy atom. The van der Waals surface area contributed by atoms with Gasteiger partial charge in [0, 0.05) is 0 Å². The predicted octanol–water partition coefficient (Wildman–Crippen LogP) is 0.940. The molecule has 0 fully saturated rings. The zero-order valence-corrected chi connectivity index (χ0v) is 11.9. The smallest absolute Gasteiger partial charge is 0.227 e. The van der Waals surface area contributed by atoms with Gasteiger partial charge < -0.3 is 11.5 Å². The molecular weight excluding hydrogens is 324 g/mol. The van der Waals surface area contributed by atoms with Crippen molar-refractivity contribution in [2.45, 2.75) is 13.8 Å². The lowest BCUT2D eigenvalue weighted by atomic mass is 10.7. The maximum atomic E-state index is 5.41. The van der Waals surface area contributed by atoms with E-state index in [-0.39, 0.29) is 17.2 Å². The van der Waals surface area contributed by atoms with E-state index in [0.717, 1.165) is 0 Å². The van der Waals surface area contributed by atoms with Crippen LogP contribution < -0.4 is 11.5 Å². The number of nitrogens with two attached hydrogens (primary N) is 2. The predicted molar refractivity (Wildman–Crippen MR) is 70.7 cm³/mol. The van der Waals surface area contributed by atoms with Crippen LogP contribution in [0.5, 0.6) is 0 Å². The van der Waals surface area contributed by atoms with E-state index in [1.807, 2.05) is 0 Å². The Labute approximate surface area is 116 Å². The first-order valence-electron chi connectivity index (χ1n) is 4.64. The number of aryl methyl sites for hydroxylation is 2. The zero-order chi connectivity index (χ0) is 13.7. The van der Waals surface area contributed by atoms with Crippen LogP contribution in [0, 0.1) is 13.8 Å². The van der Waals surface area contributed by atoms with E-state index in [1.165, 1.54) is 0 Å². The third kappa shape index (κ3) is 5.15. The molecule has 2 aromatic heterocycles. The van der Waals surface area contributed by atoms with Crippen LogP contribution in [0.3, 0.4) is 0 Å². The van der Waals surface area contributed by atoms with Crippen molar-refractivity contribution in [1.29, 1.82) is 0 Å². The Morgan fingerprint density at radius 2 is 1.33 bits per heavy atom. The maximum Gasteiger partial charge on any atom is 0.227 e. The van der Waals surface area contributed by atoms with Gasteiger partial charge in [-0.2, -0.15) is 19.9 Å². The summed E-state index contributed by atoms with van der Waals surface area (Å²) in [5, 5.41) is 0.139. The van der Waals surface area contributed by atoms with Gasteiger partial charge in [0.1, 0.15) is 11.6 Å². The lowest BCUT2D eigenvalue weighted by molar-refractivity contribution is 0.958. The molecule has 96 valence electrons. The molecule has 0 radical (unpaired) electrons. The summed E-state index contributed by atoms with van der Waals surface area (Å²) >= 11 is 8.48. The summed E-state index contributed by atoms with van der Waals surface area (Å²) in [7, 11) is 0. The summed E-state index contributed by atoms with van der Waals surface area (Å²) in [5.74, 6) is 1.56. The van der Waals surface area contributed by atoms with Crippen molar-refractivity contribution >= 4 is 39.4 Å². The molecule has 4 N–H and O–H groups in total. The van der Waals surface area contributed by atoms with Crippen molar-refractivity contribution in [3.05, 3.63) is 21.7 Å². The van der Waals surface area contributed by atoms with Crippen LogP contribution in [0.2, 0.25) is 5.28 Å². The van der Waals surface area contributed by atoms with Crippen molar-refractivity contribution in [1.82, 2.24) is 29.9 Å². The van der Waals surface area contributed by atoms with Crippen molar-refractivity contribution in [3.8, 4) is 0 Å². The van der Waals surface area contributed by atoms with E-state index >= 15 is 0 Å². The molecule has 0 bridgehead atoms. The zero-order valence-electron chi connectivity index (χ0n) is 9.59. The second-order valence-electron chi connectivity index (χ2n) is 3.02. The first kappa shape index (κ1) is 14.5. The molecule has 0 saturated carbocycles. The highest BCUT2D eigenvalue weighted by molar-refractivity contribution is 9.10. The number of aromatic nitrogens is 6. The van der Waals surface area contributed by atoms with E-state index in [9.17, 15) is 0 Å². The fourth-order valence-corrected chi connectivity index (χ4v) is 1.58. The molecule has 0 spiro atoms. The Bertz CT molecular complexity index is 398. The number of hydrogen-bond donors (Lipinski definition) is 2. The van der Waals surface area contributed by atoms with Gasteiger partial charge in [-0.3, -0.25) is 0 Å². The van der Waals surface area contributed by atoms with Gasteiger partial charge in [0.05, 0.1) is 0 Å². The molecule has 0 aliphatic carbocycles. The number of nitrogen functional groups attached to an aromatic ring is 2. The van der Waals surface area contributed by atoms with E-state index in [1.54, 1.807) is 13.8 Å². The largest absolute Gasteiger partial charge is 0.368 e. The molecule has 0 atom stereocenters. The molecule has 2 heterocycles. The Balaban J connectivity index is 0.000000180. The van der Waals surface area contributed by atoms with Gasteiger partial charge in [-0.1, -0.05) is 0 Å². The number of halogens is 2. The van der Waals surface area contributed by atoms with Crippen LogP contribution in [0.25, 0.3) is 0 Å². The Hall–Kier alpha value is -1.61. The molecule has 0 saturated heterocycles. The summed E-state index contributed by atoms with van der Waals surface area (Å²) in [6.45, 7) is 3.45. The van der Waals surface area contributed by atoms with E-state index in [2.05, 4.69) is 45.8 Å². The Morgan fingerprint density at radius 1 is 0.833 bits per heavy atom. The van der Waals surface area contributed by atoms with Crippen LogP contribution >= 0.6 is 27.5 Å². The van der Waals surface area contributed by atoms with Gasteiger partial charge >= 0.3 is 0 Å². The van der Waals surface area contributed by atoms with Crippen LogP contribution in [-0.4, -0.2) is 29.9 Å². The average molecular weight is 334 g/mol. The van der Waals surface area contributed by atoms with Crippen molar-refractivity contribution in [2.75, 3.05) is 11.5 Å². The van der Waals surface area contributed by atoms with Crippen LogP contribution in [0.15, 0.2) is 4.73 Å². The van der Waals surface area contributed by atoms with Gasteiger partial charge in [0.25, 0.3) is 0 Å². The normalized spacial score (nSPS) is 9.56. The summed E-state index contributed by atoms with van der Waals surface area (Å²) < 4.78 is 0.479. The topological polar surface area (TPSA) is 129 Å². The number of anilines is 2. The molecule has 2 aromatic rings. The van der Waals surface area contributed by atoms with Crippen molar-refractivity contribution in [3.63, 3.8) is 0 Å². The fraction of sp³-hybridized carbons (Fsp3) is 0.250. The molecule has 0 aromatic carbocycles. The third-order valence-electron chi connectivity index (χ3n) is 1.47. The molecule has 2 rings (SSSR count). The minimum atomic E-state index is 0.139. The summed E-state index contributed by atoms with van der Waals surface area (Å²) in [6, 6.07) is 0. The summed E-state index contributed by atoms with van der Waals surface area (Å²) in [4.78, 5) is 22.3. The standard InChI is InChI=1S/C4H5BrN4.C4H5ClN4/c2*1-2-7-3(5)9-4(6)8-2/h2*1H3,(H2,6,7,8,9). The van der Waals surface area contributed by atoms with Gasteiger partial charge in [-0.15, -0.1) is 0 Å². The third-order valence-corrected chi connectivity index (χ3v) is 2.00. The van der Waals surface area contributed by atoms with Gasteiger partial charge in [-0.05, 0) is 41.4 Å². The lowest BCUT2D eigenvalue weighted by Gasteiger charge is -1.92. The number of nitrogens with zero attached hydrogens (tertiary/aromatic N) is 6. The van der Waals surface area contributed by atoms with E-state index in [0.29, 0.717) is 16.4 Å². The average Bonchev–Trinajstić information content (AvgIpc) is 2.12. The monoisotopic (exact) mass is 332 g/mol. The molecule has 0 aliphatic heterocycles. The molecule has 0 unspecified atom stereocenters. The highest BCUT2D eigenvalue weighted by Crippen LogP contribution is 2.02. The first-order chi connectivity index (χ1) is 8.36. The molecule has 18 heavy (non-hydrogen) atoms. The first-order valence-corrected chi connectivity index (χ1v) is 5.81. The highest BCUT2D eigenvalue weighted by atomic mass is 79.9. The molecular formula is C8H10BrClN8. The quantitative estimate of drug-likeness (QED) is 0.728. The second-order valence-corrected chi connectivity index (χ2v) is 4.07. The molecule has 10 heteroatoms. The Kier molecular flexibility index (Phi) is 5.10. The molecule has 0 amide bonds. The van der Waals surface area contributed by atoms with Crippen molar-refractivity contribution < 1.29 is 0 Å². The molecule has 8 nitrogen and oxygen atoms in total. The fourth-order valence-electron chi connectivity index (χ4n) is 0.938. The maximum absolute atomic E-state index is 5.41. The van der Waals surface area contributed by atoms with Gasteiger partial charge in [0.15, 0.2) is 0 Å². The van der Waals surface area contributed by atoms with Crippen LogP contribution in [0.1, 0.15) is 11.6 Å². The minimum Gasteiger partial charge on any atom is -0.368 e. The van der Waals surface area contributed by atoms with E-state index < -0.39 is 0 Å². The lowest BCUT2D eigenvalue weighted by Crippen LogP contribution is -1.99. The second kappa shape index (κ2) is 6.36.